The molecule has 0 amide bonds. The largest absolute Gasteiger partial charge is 0.392 e. The van der Waals surface area contributed by atoms with E-state index in [1.165, 1.54) is 22.3 Å². The third kappa shape index (κ3) is 3.95. The van der Waals surface area contributed by atoms with Crippen molar-refractivity contribution in [1.29, 1.82) is 0 Å². The molecular formula is C14H23NO. The Hall–Kier alpha value is -0.860. The van der Waals surface area contributed by atoms with Gasteiger partial charge in [0.05, 0.1) is 6.10 Å². The van der Waals surface area contributed by atoms with Crippen LogP contribution >= 0.6 is 0 Å². The summed E-state index contributed by atoms with van der Waals surface area (Å²) in [5, 5.41) is 12.4. The van der Waals surface area contributed by atoms with Crippen LogP contribution in [0.5, 0.6) is 0 Å². The fourth-order valence-electron chi connectivity index (χ4n) is 1.82. The van der Waals surface area contributed by atoms with Crippen molar-refractivity contribution in [2.45, 2.75) is 40.2 Å². The lowest BCUT2D eigenvalue weighted by atomic mass is 9.99. The number of nitrogens with one attached hydrogen (secondary N) is 1. The van der Waals surface area contributed by atoms with E-state index in [1.807, 2.05) is 0 Å². The highest BCUT2D eigenvalue weighted by atomic mass is 16.3. The minimum atomic E-state index is -0.263. The zero-order valence-corrected chi connectivity index (χ0v) is 10.8. The highest BCUT2D eigenvalue weighted by Gasteiger charge is 2.02. The Labute approximate surface area is 98.7 Å². The molecule has 0 fully saturated rings. The molecule has 2 nitrogen and oxygen atoms in total. The fraction of sp³-hybridized carbons (Fsp3) is 0.571. The van der Waals surface area contributed by atoms with Crippen LogP contribution in [0.3, 0.4) is 0 Å². The van der Waals surface area contributed by atoms with Crippen LogP contribution in [-0.4, -0.2) is 24.3 Å². The van der Waals surface area contributed by atoms with E-state index in [4.69, 9.17) is 5.11 Å². The minimum absolute atomic E-state index is 0.263. The van der Waals surface area contributed by atoms with Gasteiger partial charge in [-0.1, -0.05) is 12.1 Å². The maximum atomic E-state index is 9.12. The standard InChI is InChI=1S/C14H23NO/c1-10-7-12(3)14(8-11(10)2)5-6-15-9-13(4)16/h7-8,13,15-16H,5-6,9H2,1-4H3. The van der Waals surface area contributed by atoms with Crippen molar-refractivity contribution < 1.29 is 5.11 Å². The van der Waals surface area contributed by atoms with Crippen LogP contribution in [0.2, 0.25) is 0 Å². The maximum absolute atomic E-state index is 9.12. The predicted octanol–water partition coefficient (Wildman–Crippen LogP) is 2.12. The molecule has 1 atom stereocenters. The molecule has 0 aromatic heterocycles. The molecule has 2 heteroatoms. The van der Waals surface area contributed by atoms with Gasteiger partial charge in [-0.25, -0.2) is 0 Å². The molecular weight excluding hydrogens is 198 g/mol. The molecule has 0 saturated carbocycles. The van der Waals surface area contributed by atoms with Gasteiger partial charge in [0.2, 0.25) is 0 Å². The first kappa shape index (κ1) is 13.2. The summed E-state index contributed by atoms with van der Waals surface area (Å²) in [7, 11) is 0. The number of benzene rings is 1. The summed E-state index contributed by atoms with van der Waals surface area (Å²) >= 11 is 0. The quantitative estimate of drug-likeness (QED) is 0.747. The Kier molecular flexibility index (Phi) is 4.97. The van der Waals surface area contributed by atoms with E-state index < -0.39 is 0 Å². The molecule has 2 N–H and O–H groups in total. The van der Waals surface area contributed by atoms with E-state index in [0.29, 0.717) is 6.54 Å². The van der Waals surface area contributed by atoms with Gasteiger partial charge in [0.15, 0.2) is 0 Å². The Morgan fingerprint density at radius 1 is 1.12 bits per heavy atom. The third-order valence-electron chi connectivity index (χ3n) is 2.96. The van der Waals surface area contributed by atoms with Gasteiger partial charge in [-0.05, 0) is 62.9 Å². The zero-order chi connectivity index (χ0) is 12.1. The Morgan fingerprint density at radius 2 is 1.75 bits per heavy atom. The monoisotopic (exact) mass is 221 g/mol. The molecule has 0 aliphatic rings. The van der Waals surface area contributed by atoms with Crippen LogP contribution in [0.4, 0.5) is 0 Å². The van der Waals surface area contributed by atoms with E-state index in [0.717, 1.165) is 13.0 Å². The molecule has 16 heavy (non-hydrogen) atoms. The average Bonchev–Trinajstić information content (AvgIpc) is 2.19. The maximum Gasteiger partial charge on any atom is 0.0636 e. The van der Waals surface area contributed by atoms with Crippen molar-refractivity contribution >= 4 is 0 Å². The Balaban J connectivity index is 2.51. The number of hydrogen-bond donors (Lipinski definition) is 2. The topological polar surface area (TPSA) is 32.3 Å². The average molecular weight is 221 g/mol. The van der Waals surface area contributed by atoms with Crippen LogP contribution in [0, 0.1) is 20.8 Å². The lowest BCUT2D eigenvalue weighted by Gasteiger charge is -2.11. The lowest BCUT2D eigenvalue weighted by molar-refractivity contribution is 0.191. The Bertz CT molecular complexity index is 345. The molecule has 1 aromatic rings. The molecule has 0 bridgehead atoms. The number of hydrogen-bond acceptors (Lipinski definition) is 2. The van der Waals surface area contributed by atoms with Gasteiger partial charge in [-0.15, -0.1) is 0 Å². The summed E-state index contributed by atoms with van der Waals surface area (Å²) in [6.07, 6.45) is 0.764. The summed E-state index contributed by atoms with van der Waals surface area (Å²) in [5.41, 5.74) is 5.48. The highest BCUT2D eigenvalue weighted by Crippen LogP contribution is 2.15. The molecule has 1 aromatic carbocycles. The van der Waals surface area contributed by atoms with Crippen molar-refractivity contribution in [3.8, 4) is 0 Å². The second kappa shape index (κ2) is 6.02. The molecule has 1 rings (SSSR count). The SMILES string of the molecule is Cc1cc(C)c(CCNCC(C)O)cc1C. The summed E-state index contributed by atoms with van der Waals surface area (Å²) in [5.74, 6) is 0. The van der Waals surface area contributed by atoms with Gasteiger partial charge in [-0.3, -0.25) is 0 Å². The smallest absolute Gasteiger partial charge is 0.0636 e. The zero-order valence-electron chi connectivity index (χ0n) is 10.8. The highest BCUT2D eigenvalue weighted by molar-refractivity contribution is 5.36. The molecule has 0 spiro atoms. The molecule has 0 aliphatic heterocycles. The minimum Gasteiger partial charge on any atom is -0.392 e. The molecule has 0 aliphatic carbocycles. The van der Waals surface area contributed by atoms with Crippen LogP contribution < -0.4 is 5.32 Å². The van der Waals surface area contributed by atoms with Gasteiger partial charge in [0.25, 0.3) is 0 Å². The fourth-order valence-corrected chi connectivity index (χ4v) is 1.82. The molecule has 90 valence electrons. The number of aryl methyl sites for hydroxylation is 3. The van der Waals surface area contributed by atoms with E-state index in [2.05, 4.69) is 38.2 Å². The predicted molar refractivity (Wildman–Crippen MR) is 68.9 cm³/mol. The summed E-state index contributed by atoms with van der Waals surface area (Å²) < 4.78 is 0. The van der Waals surface area contributed by atoms with Gasteiger partial charge in [0.1, 0.15) is 0 Å². The van der Waals surface area contributed by atoms with Crippen molar-refractivity contribution in [2.75, 3.05) is 13.1 Å². The van der Waals surface area contributed by atoms with Crippen molar-refractivity contribution in [2.24, 2.45) is 0 Å². The second-order valence-corrected chi connectivity index (χ2v) is 4.67. The van der Waals surface area contributed by atoms with Crippen molar-refractivity contribution in [1.82, 2.24) is 5.32 Å². The third-order valence-corrected chi connectivity index (χ3v) is 2.96. The molecule has 0 radical (unpaired) electrons. The molecule has 1 unspecified atom stereocenters. The second-order valence-electron chi connectivity index (χ2n) is 4.67. The van der Waals surface area contributed by atoms with E-state index in [1.54, 1.807) is 6.92 Å². The van der Waals surface area contributed by atoms with Crippen molar-refractivity contribution in [3.63, 3.8) is 0 Å². The number of aliphatic hydroxyl groups is 1. The first-order chi connectivity index (χ1) is 7.50. The summed E-state index contributed by atoms with van der Waals surface area (Å²) in [6, 6.07) is 4.52. The number of aliphatic hydroxyl groups excluding tert-OH is 1. The van der Waals surface area contributed by atoms with Gasteiger partial charge in [-0.2, -0.15) is 0 Å². The first-order valence-electron chi connectivity index (χ1n) is 5.96. The van der Waals surface area contributed by atoms with Gasteiger partial charge >= 0.3 is 0 Å². The van der Waals surface area contributed by atoms with Crippen LogP contribution in [-0.2, 0) is 6.42 Å². The van der Waals surface area contributed by atoms with Crippen LogP contribution in [0.15, 0.2) is 12.1 Å². The Morgan fingerprint density at radius 3 is 2.38 bits per heavy atom. The van der Waals surface area contributed by atoms with Crippen LogP contribution in [0.25, 0.3) is 0 Å². The normalized spacial score (nSPS) is 12.8. The molecule has 0 saturated heterocycles. The van der Waals surface area contributed by atoms with Crippen LogP contribution in [0.1, 0.15) is 29.2 Å². The lowest BCUT2D eigenvalue weighted by Crippen LogP contribution is -2.26. The summed E-state index contributed by atoms with van der Waals surface area (Å²) in [6.45, 7) is 9.86. The van der Waals surface area contributed by atoms with E-state index >= 15 is 0 Å². The first-order valence-corrected chi connectivity index (χ1v) is 5.96. The van der Waals surface area contributed by atoms with E-state index in [9.17, 15) is 0 Å². The molecule has 0 heterocycles. The van der Waals surface area contributed by atoms with Crippen molar-refractivity contribution in [3.05, 3.63) is 34.4 Å². The van der Waals surface area contributed by atoms with Gasteiger partial charge in [0, 0.05) is 6.54 Å². The van der Waals surface area contributed by atoms with Gasteiger partial charge < -0.3 is 10.4 Å². The number of rotatable bonds is 5. The van der Waals surface area contributed by atoms with E-state index in [-0.39, 0.29) is 6.10 Å². The summed E-state index contributed by atoms with van der Waals surface area (Å²) in [4.78, 5) is 0.